The van der Waals surface area contributed by atoms with Gasteiger partial charge >= 0.3 is 0 Å². The van der Waals surface area contributed by atoms with Crippen molar-refractivity contribution >= 4 is 52.3 Å². The summed E-state index contributed by atoms with van der Waals surface area (Å²) >= 11 is 0.874. The summed E-state index contributed by atoms with van der Waals surface area (Å²) in [6.07, 6.45) is 5.26. The highest BCUT2D eigenvalue weighted by atomic mass is 32.2. The summed E-state index contributed by atoms with van der Waals surface area (Å²) in [6.45, 7) is 4.63. The number of aromatic nitrogens is 3. The fourth-order valence-corrected chi connectivity index (χ4v) is 5.41. The van der Waals surface area contributed by atoms with Crippen molar-refractivity contribution in [3.05, 3.63) is 64.8 Å². The molecule has 3 amide bonds. The Kier molecular flexibility index (Phi) is 8.37. The van der Waals surface area contributed by atoms with E-state index in [1.165, 1.54) is 6.92 Å². The lowest BCUT2D eigenvalue weighted by Gasteiger charge is -2.32. The molecule has 1 aromatic carbocycles. The first-order chi connectivity index (χ1) is 19.3. The molecule has 40 heavy (non-hydrogen) atoms. The lowest BCUT2D eigenvalue weighted by Crippen LogP contribution is -2.38. The number of carbonyl (C=O) groups excluding carboxylic acids is 3. The van der Waals surface area contributed by atoms with Gasteiger partial charge in [0.25, 0.3) is 11.1 Å². The molecule has 0 bridgehead atoms. The summed E-state index contributed by atoms with van der Waals surface area (Å²) < 4.78 is 0. The molecule has 2 aliphatic rings. The molecule has 2 saturated heterocycles. The molecule has 2 aromatic heterocycles. The van der Waals surface area contributed by atoms with Crippen LogP contribution < -0.4 is 26.6 Å². The first-order valence-corrected chi connectivity index (χ1v) is 13.8. The van der Waals surface area contributed by atoms with Crippen LogP contribution in [0.5, 0.6) is 0 Å². The quantitative estimate of drug-likeness (QED) is 0.302. The van der Waals surface area contributed by atoms with Crippen LogP contribution in [0.2, 0.25) is 0 Å². The van der Waals surface area contributed by atoms with Gasteiger partial charge < -0.3 is 21.3 Å². The second-order valence-corrected chi connectivity index (χ2v) is 10.7. The average molecular weight is 559 g/mol. The number of amides is 3. The van der Waals surface area contributed by atoms with Gasteiger partial charge in [0.05, 0.1) is 16.3 Å². The second-order valence-electron chi connectivity index (χ2n) is 9.70. The van der Waals surface area contributed by atoms with Gasteiger partial charge in [0.2, 0.25) is 11.9 Å². The van der Waals surface area contributed by atoms with Crippen LogP contribution in [0, 0.1) is 5.92 Å². The highest BCUT2D eigenvalue weighted by Gasteiger charge is 2.26. The highest BCUT2D eigenvalue weighted by molar-refractivity contribution is 8.18. The Labute approximate surface area is 236 Å². The lowest BCUT2D eigenvalue weighted by molar-refractivity contribution is -0.115. The number of hydrogen-bond donors (Lipinski definition) is 4. The molecule has 2 aliphatic heterocycles. The molecule has 0 spiro atoms. The zero-order valence-corrected chi connectivity index (χ0v) is 22.8. The average Bonchev–Trinajstić information content (AvgIpc) is 3.25. The lowest BCUT2D eigenvalue weighted by atomic mass is 9.96. The van der Waals surface area contributed by atoms with E-state index in [9.17, 15) is 14.4 Å². The molecule has 0 saturated carbocycles. The molecule has 11 nitrogen and oxygen atoms in total. The van der Waals surface area contributed by atoms with Gasteiger partial charge in [-0.2, -0.15) is 0 Å². The number of rotatable bonds is 8. The van der Waals surface area contributed by atoms with Crippen LogP contribution in [0.1, 0.15) is 31.0 Å². The van der Waals surface area contributed by atoms with Crippen molar-refractivity contribution in [2.75, 3.05) is 35.6 Å². The molecule has 3 aromatic rings. The zero-order chi connectivity index (χ0) is 28.1. The Bertz CT molecular complexity index is 1470. The number of anilines is 3. The van der Waals surface area contributed by atoms with E-state index >= 15 is 0 Å². The minimum Gasteiger partial charge on any atom is -0.384 e. The summed E-state index contributed by atoms with van der Waals surface area (Å²) in [7, 11) is 0. The van der Waals surface area contributed by atoms with Crippen LogP contribution in [-0.2, 0) is 16.1 Å². The van der Waals surface area contributed by atoms with E-state index in [2.05, 4.69) is 35.8 Å². The first-order valence-electron chi connectivity index (χ1n) is 13.0. The minimum absolute atomic E-state index is 0.128. The maximum atomic E-state index is 11.8. The van der Waals surface area contributed by atoms with Crippen LogP contribution in [0.3, 0.4) is 0 Å². The summed E-state index contributed by atoms with van der Waals surface area (Å²) in [5.74, 6) is 1.03. The number of thioether (sulfide) groups is 1. The predicted octanol–water partition coefficient (Wildman–Crippen LogP) is 3.41. The number of hydrogen-bond acceptors (Lipinski definition) is 10. The van der Waals surface area contributed by atoms with E-state index < -0.39 is 5.91 Å². The molecule has 5 N–H and O–H groups in total. The summed E-state index contributed by atoms with van der Waals surface area (Å²) in [4.78, 5) is 50.8. The summed E-state index contributed by atoms with van der Waals surface area (Å²) in [5.41, 5.74) is 10.0. The highest BCUT2D eigenvalue weighted by Crippen LogP contribution is 2.27. The minimum atomic E-state index is -0.399. The Morgan fingerprint density at radius 2 is 2.00 bits per heavy atom. The van der Waals surface area contributed by atoms with Gasteiger partial charge in [0, 0.05) is 44.0 Å². The zero-order valence-electron chi connectivity index (χ0n) is 22.0. The van der Waals surface area contributed by atoms with Gasteiger partial charge in [-0.3, -0.25) is 19.7 Å². The maximum absolute atomic E-state index is 11.8. The van der Waals surface area contributed by atoms with Crippen LogP contribution in [0.15, 0.2) is 53.6 Å². The molecule has 2 fully saturated rings. The normalized spacial score (nSPS) is 16.8. The number of imide groups is 1. The van der Waals surface area contributed by atoms with Crippen molar-refractivity contribution < 1.29 is 14.4 Å². The van der Waals surface area contributed by atoms with Gasteiger partial charge in [-0.05, 0) is 73.0 Å². The Morgan fingerprint density at radius 1 is 1.18 bits per heavy atom. The molecular weight excluding hydrogens is 528 g/mol. The number of pyridine rings is 1. The topological polar surface area (TPSA) is 155 Å². The van der Waals surface area contributed by atoms with Gasteiger partial charge in [-0.15, -0.1) is 0 Å². The van der Waals surface area contributed by atoms with E-state index in [0.29, 0.717) is 40.5 Å². The molecule has 206 valence electrons. The van der Waals surface area contributed by atoms with Gasteiger partial charge in [0.15, 0.2) is 0 Å². The second kappa shape index (κ2) is 12.3. The van der Waals surface area contributed by atoms with Crippen molar-refractivity contribution in [2.24, 2.45) is 5.92 Å². The van der Waals surface area contributed by atoms with E-state index in [1.54, 1.807) is 24.4 Å². The van der Waals surface area contributed by atoms with Crippen LogP contribution in [0.25, 0.3) is 17.3 Å². The number of nitrogens with zero attached hydrogens (tertiary/aromatic N) is 4. The molecule has 0 atom stereocenters. The van der Waals surface area contributed by atoms with E-state index in [1.807, 2.05) is 30.3 Å². The Morgan fingerprint density at radius 3 is 2.75 bits per heavy atom. The van der Waals surface area contributed by atoms with Crippen molar-refractivity contribution in [3.63, 3.8) is 0 Å². The number of nitrogens with one attached hydrogen (secondary N) is 3. The van der Waals surface area contributed by atoms with Gasteiger partial charge in [-0.25, -0.2) is 15.0 Å². The fraction of sp³-hybridized carbons (Fsp3) is 0.286. The number of benzene rings is 1. The fourth-order valence-electron chi connectivity index (χ4n) is 4.74. The summed E-state index contributed by atoms with van der Waals surface area (Å²) in [6, 6.07) is 13.1. The van der Waals surface area contributed by atoms with Crippen LogP contribution in [-0.4, -0.2) is 51.6 Å². The molecule has 5 rings (SSSR count). The molecule has 4 heterocycles. The van der Waals surface area contributed by atoms with E-state index in [4.69, 9.17) is 5.73 Å². The number of nitrogens with two attached hydrogens (primary N) is 1. The van der Waals surface area contributed by atoms with Crippen molar-refractivity contribution in [2.45, 2.75) is 26.3 Å². The van der Waals surface area contributed by atoms with Crippen molar-refractivity contribution in [1.29, 1.82) is 0 Å². The third kappa shape index (κ3) is 6.82. The SMILES string of the molecule is CC(=O)Nc1cccc(-c2nc(N)ccc2CNCC2CCN(c3nccc(C=C4SC(=O)NC4=O)n3)CC2)c1. The number of piperidine rings is 1. The van der Waals surface area contributed by atoms with Gasteiger partial charge in [0.1, 0.15) is 5.82 Å². The molecule has 0 unspecified atom stereocenters. The van der Waals surface area contributed by atoms with E-state index in [0.717, 1.165) is 61.1 Å². The number of nitrogen functional groups attached to an aromatic ring is 1. The summed E-state index contributed by atoms with van der Waals surface area (Å²) in [5, 5.41) is 8.28. The predicted molar refractivity (Wildman–Crippen MR) is 156 cm³/mol. The molecule has 0 radical (unpaired) electrons. The van der Waals surface area contributed by atoms with Crippen molar-refractivity contribution in [3.8, 4) is 11.3 Å². The third-order valence-corrected chi connectivity index (χ3v) is 7.50. The smallest absolute Gasteiger partial charge is 0.290 e. The van der Waals surface area contributed by atoms with Crippen LogP contribution >= 0.6 is 11.8 Å². The molecule has 0 aliphatic carbocycles. The number of carbonyl (C=O) groups is 3. The maximum Gasteiger partial charge on any atom is 0.290 e. The standard InChI is InChI=1S/C28H30N8O3S/c1-17(37)32-21-4-2-3-19(13-21)25-20(5-6-24(29)34-25)16-30-15-18-8-11-36(12-9-18)27-31-10-7-22(33-27)14-23-26(38)35-28(39)40-23/h2-7,10,13-14,18,30H,8-9,11-12,15-16H2,1H3,(H2,29,34)(H,32,37)(H,35,38,39). The monoisotopic (exact) mass is 558 g/mol. The third-order valence-electron chi connectivity index (χ3n) is 6.69. The Balaban J connectivity index is 1.16. The Hall–Kier alpha value is -4.29. The molecular formula is C28H30N8O3S. The van der Waals surface area contributed by atoms with Crippen LogP contribution in [0.4, 0.5) is 22.2 Å². The van der Waals surface area contributed by atoms with E-state index in [-0.39, 0.29) is 11.1 Å². The van der Waals surface area contributed by atoms with Gasteiger partial charge in [-0.1, -0.05) is 18.2 Å². The first kappa shape index (κ1) is 27.3. The largest absolute Gasteiger partial charge is 0.384 e. The van der Waals surface area contributed by atoms with Crippen molar-refractivity contribution in [1.82, 2.24) is 25.6 Å². The molecule has 12 heteroatoms.